The second-order valence-electron chi connectivity index (χ2n) is 3.71. The van der Waals surface area contributed by atoms with Crippen molar-refractivity contribution in [2.75, 3.05) is 11.1 Å². The van der Waals surface area contributed by atoms with Crippen LogP contribution in [0.1, 0.15) is 0 Å². The van der Waals surface area contributed by atoms with E-state index in [0.717, 1.165) is 0 Å². The predicted octanol–water partition coefficient (Wildman–Crippen LogP) is 2.16. The zero-order valence-corrected chi connectivity index (χ0v) is 9.45. The van der Waals surface area contributed by atoms with Gasteiger partial charge >= 0.3 is 12.1 Å². The highest BCUT2D eigenvalue weighted by Crippen LogP contribution is 2.26. The number of benzene rings is 1. The summed E-state index contributed by atoms with van der Waals surface area (Å²) in [5.41, 5.74) is 7.16. The van der Waals surface area contributed by atoms with Crippen LogP contribution >= 0.6 is 0 Å². The minimum Gasteiger partial charge on any atom is -0.398 e. The fourth-order valence-electron chi connectivity index (χ4n) is 1.45. The van der Waals surface area contributed by atoms with E-state index in [0.29, 0.717) is 16.9 Å². The summed E-state index contributed by atoms with van der Waals surface area (Å²) >= 11 is 0. The van der Waals surface area contributed by atoms with E-state index in [9.17, 15) is 18.0 Å². The van der Waals surface area contributed by atoms with E-state index in [1.165, 1.54) is 6.07 Å². The number of H-pyrrole nitrogens is 1. The van der Waals surface area contributed by atoms with Gasteiger partial charge in [0.1, 0.15) is 0 Å². The summed E-state index contributed by atoms with van der Waals surface area (Å²) in [6.45, 7) is 0. The first kappa shape index (κ1) is 12.9. The van der Waals surface area contributed by atoms with E-state index >= 15 is 0 Å². The van der Waals surface area contributed by atoms with Gasteiger partial charge in [0.15, 0.2) is 5.82 Å². The molecule has 1 heterocycles. The van der Waals surface area contributed by atoms with Gasteiger partial charge in [-0.25, -0.2) is 0 Å². The summed E-state index contributed by atoms with van der Waals surface area (Å²) in [6, 6.07) is 8.04. The van der Waals surface area contributed by atoms with Crippen molar-refractivity contribution in [1.82, 2.24) is 10.2 Å². The lowest BCUT2D eigenvalue weighted by Crippen LogP contribution is -2.30. The number of aromatic nitrogens is 2. The molecule has 0 aliphatic carbocycles. The lowest BCUT2D eigenvalue weighted by atomic mass is 10.1. The molecule has 0 atom stereocenters. The van der Waals surface area contributed by atoms with Gasteiger partial charge in [0.2, 0.25) is 0 Å². The third-order valence-electron chi connectivity index (χ3n) is 2.33. The Bertz CT molecular complexity index is 606. The zero-order valence-electron chi connectivity index (χ0n) is 9.45. The van der Waals surface area contributed by atoms with Crippen LogP contribution < -0.4 is 11.1 Å². The highest BCUT2D eigenvalue weighted by molar-refractivity contribution is 5.94. The third kappa shape index (κ3) is 2.84. The Kier molecular flexibility index (Phi) is 3.16. The van der Waals surface area contributed by atoms with Crippen molar-refractivity contribution in [1.29, 1.82) is 0 Å². The second-order valence-corrected chi connectivity index (χ2v) is 3.71. The first-order valence-corrected chi connectivity index (χ1v) is 5.16. The summed E-state index contributed by atoms with van der Waals surface area (Å²) in [7, 11) is 0. The van der Waals surface area contributed by atoms with Crippen LogP contribution in [0.3, 0.4) is 0 Å². The number of hydrogen-bond acceptors (Lipinski definition) is 3. The number of halogens is 3. The fourth-order valence-corrected chi connectivity index (χ4v) is 1.45. The van der Waals surface area contributed by atoms with Crippen molar-refractivity contribution in [3.63, 3.8) is 0 Å². The average molecular weight is 270 g/mol. The number of amides is 1. The van der Waals surface area contributed by atoms with Gasteiger partial charge in [0.25, 0.3) is 0 Å². The van der Waals surface area contributed by atoms with Crippen LogP contribution in [0.25, 0.3) is 11.3 Å². The van der Waals surface area contributed by atoms with Crippen LogP contribution in [0.15, 0.2) is 30.3 Å². The minimum absolute atomic E-state index is 0.222. The van der Waals surface area contributed by atoms with E-state index in [1.807, 2.05) is 0 Å². The number of nitrogen functional groups attached to an aromatic ring is 1. The van der Waals surface area contributed by atoms with E-state index < -0.39 is 12.1 Å². The predicted molar refractivity (Wildman–Crippen MR) is 63.1 cm³/mol. The summed E-state index contributed by atoms with van der Waals surface area (Å²) in [5.74, 6) is -2.30. The Morgan fingerprint density at radius 3 is 2.63 bits per heavy atom. The van der Waals surface area contributed by atoms with E-state index in [1.54, 1.807) is 29.6 Å². The quantitative estimate of drug-likeness (QED) is 0.731. The maximum atomic E-state index is 12.1. The number of hydrogen-bond donors (Lipinski definition) is 3. The largest absolute Gasteiger partial charge is 0.471 e. The number of aromatic amines is 1. The first-order chi connectivity index (χ1) is 8.88. The molecule has 8 heteroatoms. The number of nitrogens with one attached hydrogen (secondary N) is 2. The molecule has 0 bridgehead atoms. The molecule has 1 aromatic carbocycles. The van der Waals surface area contributed by atoms with Gasteiger partial charge in [-0.05, 0) is 6.07 Å². The Morgan fingerprint density at radius 1 is 1.32 bits per heavy atom. The SMILES string of the molecule is Nc1ccccc1-c1cc(NC(=O)C(F)(F)F)n[nH]1. The molecule has 0 fully saturated rings. The molecule has 2 rings (SSSR count). The average Bonchev–Trinajstić information content (AvgIpc) is 2.76. The Balaban J connectivity index is 2.21. The number of alkyl halides is 3. The van der Waals surface area contributed by atoms with Crippen LogP contribution in [-0.4, -0.2) is 22.3 Å². The number of anilines is 2. The highest BCUT2D eigenvalue weighted by atomic mass is 19.4. The molecule has 1 amide bonds. The van der Waals surface area contributed by atoms with Gasteiger partial charge in [-0.3, -0.25) is 9.89 Å². The maximum absolute atomic E-state index is 12.1. The number of rotatable bonds is 2. The molecule has 0 unspecified atom stereocenters. The van der Waals surface area contributed by atoms with Gasteiger partial charge in [-0.1, -0.05) is 18.2 Å². The topological polar surface area (TPSA) is 83.8 Å². The minimum atomic E-state index is -4.95. The van der Waals surface area contributed by atoms with Crippen LogP contribution in [0.2, 0.25) is 0 Å². The van der Waals surface area contributed by atoms with E-state index in [4.69, 9.17) is 5.73 Å². The summed E-state index contributed by atoms with van der Waals surface area (Å²) in [5, 5.41) is 7.73. The lowest BCUT2D eigenvalue weighted by molar-refractivity contribution is -0.167. The smallest absolute Gasteiger partial charge is 0.398 e. The number of nitrogens with two attached hydrogens (primary N) is 1. The van der Waals surface area contributed by atoms with Crippen LogP contribution in [0.4, 0.5) is 24.7 Å². The molecule has 0 radical (unpaired) electrons. The summed E-state index contributed by atoms with van der Waals surface area (Å²) in [6.07, 6.45) is -4.95. The molecule has 4 N–H and O–H groups in total. The van der Waals surface area contributed by atoms with Crippen molar-refractivity contribution < 1.29 is 18.0 Å². The monoisotopic (exact) mass is 270 g/mol. The van der Waals surface area contributed by atoms with Crippen LogP contribution in [-0.2, 0) is 4.79 Å². The standard InChI is InChI=1S/C11H9F3N4O/c12-11(13,14)10(19)16-9-5-8(17-18-9)6-3-1-2-4-7(6)15/h1-5H,15H2,(H2,16,17,18,19). The van der Waals surface area contributed by atoms with E-state index in [2.05, 4.69) is 10.2 Å². The van der Waals surface area contributed by atoms with E-state index in [-0.39, 0.29) is 5.82 Å². The fraction of sp³-hybridized carbons (Fsp3) is 0.0909. The molecular formula is C11H9F3N4O. The molecule has 1 aromatic heterocycles. The van der Waals surface area contributed by atoms with Crippen LogP contribution in [0.5, 0.6) is 0 Å². The molecule has 0 saturated carbocycles. The molecule has 0 spiro atoms. The maximum Gasteiger partial charge on any atom is 0.471 e. The molecule has 0 aliphatic heterocycles. The summed E-state index contributed by atoms with van der Waals surface area (Å²) in [4.78, 5) is 10.7. The van der Waals surface area contributed by atoms with Crippen LogP contribution in [0, 0.1) is 0 Å². The number of carbonyl (C=O) groups excluding carboxylic acids is 1. The molecule has 2 aromatic rings. The lowest BCUT2D eigenvalue weighted by Gasteiger charge is -2.04. The van der Waals surface area contributed by atoms with Crippen molar-refractivity contribution in [3.8, 4) is 11.3 Å². The van der Waals surface area contributed by atoms with Crippen molar-refractivity contribution in [2.24, 2.45) is 0 Å². The molecule has 5 nitrogen and oxygen atoms in total. The normalized spacial score (nSPS) is 11.3. The van der Waals surface area contributed by atoms with Crippen molar-refractivity contribution in [2.45, 2.75) is 6.18 Å². The summed E-state index contributed by atoms with van der Waals surface area (Å²) < 4.78 is 36.2. The van der Waals surface area contributed by atoms with Gasteiger partial charge in [-0.15, -0.1) is 0 Å². The van der Waals surface area contributed by atoms with Crippen molar-refractivity contribution in [3.05, 3.63) is 30.3 Å². The number of nitrogens with zero attached hydrogens (tertiary/aromatic N) is 1. The molecular weight excluding hydrogens is 261 g/mol. The number of para-hydroxylation sites is 1. The third-order valence-corrected chi connectivity index (χ3v) is 2.33. The first-order valence-electron chi connectivity index (χ1n) is 5.16. The molecule has 0 saturated heterocycles. The second kappa shape index (κ2) is 4.63. The van der Waals surface area contributed by atoms with Gasteiger partial charge in [0.05, 0.1) is 5.69 Å². The van der Waals surface area contributed by atoms with Crippen molar-refractivity contribution >= 4 is 17.4 Å². The molecule has 100 valence electrons. The van der Waals surface area contributed by atoms with Gasteiger partial charge < -0.3 is 11.1 Å². The Labute approximate surface area is 105 Å². The Morgan fingerprint density at radius 2 is 2.00 bits per heavy atom. The molecule has 19 heavy (non-hydrogen) atoms. The Hall–Kier alpha value is -2.51. The number of carbonyl (C=O) groups is 1. The molecule has 0 aliphatic rings. The van der Waals surface area contributed by atoms with Gasteiger partial charge in [0, 0.05) is 17.3 Å². The highest BCUT2D eigenvalue weighted by Gasteiger charge is 2.39. The zero-order chi connectivity index (χ0) is 14.0. The van der Waals surface area contributed by atoms with Gasteiger partial charge in [-0.2, -0.15) is 18.3 Å².